The first kappa shape index (κ1) is 19.0. The molecule has 0 fully saturated rings. The van der Waals surface area contributed by atoms with Crippen LogP contribution in [0.15, 0.2) is 57.7 Å². The SMILES string of the molecule is O=C(COC(=O)CCn1c(=O)oc2ccccc21)N[C@H]1CCCc2ccccc21. The lowest BCUT2D eigenvalue weighted by Crippen LogP contribution is -2.34. The number of para-hydroxylation sites is 2. The van der Waals surface area contributed by atoms with Crippen molar-refractivity contribution in [3.8, 4) is 0 Å². The van der Waals surface area contributed by atoms with Gasteiger partial charge in [-0.2, -0.15) is 0 Å². The van der Waals surface area contributed by atoms with Gasteiger partial charge in [0.2, 0.25) is 0 Å². The van der Waals surface area contributed by atoms with E-state index in [1.807, 2.05) is 18.2 Å². The molecule has 1 N–H and O–H groups in total. The zero-order valence-corrected chi connectivity index (χ0v) is 15.9. The third kappa shape index (κ3) is 4.23. The maximum Gasteiger partial charge on any atom is 0.419 e. The van der Waals surface area contributed by atoms with E-state index in [-0.39, 0.29) is 31.5 Å². The van der Waals surface area contributed by atoms with Crippen LogP contribution in [0.25, 0.3) is 11.1 Å². The van der Waals surface area contributed by atoms with Crippen molar-refractivity contribution in [3.05, 3.63) is 70.2 Å². The number of hydrogen-bond donors (Lipinski definition) is 1. The van der Waals surface area contributed by atoms with Gasteiger partial charge in [0, 0.05) is 6.54 Å². The zero-order valence-electron chi connectivity index (χ0n) is 15.9. The first-order chi connectivity index (χ1) is 14.1. The summed E-state index contributed by atoms with van der Waals surface area (Å²) in [6.07, 6.45) is 2.87. The number of nitrogens with zero attached hydrogens (tertiary/aromatic N) is 1. The summed E-state index contributed by atoms with van der Waals surface area (Å²) < 4.78 is 11.6. The lowest BCUT2D eigenvalue weighted by atomic mass is 9.88. The van der Waals surface area contributed by atoms with Crippen LogP contribution in [0, 0.1) is 0 Å². The summed E-state index contributed by atoms with van der Waals surface area (Å²) in [7, 11) is 0. The van der Waals surface area contributed by atoms with E-state index in [1.54, 1.807) is 24.3 Å². The molecule has 0 aliphatic heterocycles. The fraction of sp³-hybridized carbons (Fsp3) is 0.318. The molecule has 1 heterocycles. The number of fused-ring (bicyclic) bond motifs is 2. The number of rotatable bonds is 6. The largest absolute Gasteiger partial charge is 0.456 e. The maximum absolute atomic E-state index is 12.2. The van der Waals surface area contributed by atoms with Gasteiger partial charge < -0.3 is 14.5 Å². The van der Waals surface area contributed by atoms with Crippen molar-refractivity contribution in [2.45, 2.75) is 38.3 Å². The molecule has 0 spiro atoms. The number of ether oxygens (including phenoxy) is 1. The topological polar surface area (TPSA) is 90.5 Å². The third-order valence-corrected chi connectivity index (χ3v) is 5.18. The van der Waals surface area contributed by atoms with Crippen LogP contribution in [0.3, 0.4) is 0 Å². The van der Waals surface area contributed by atoms with Crippen molar-refractivity contribution in [1.29, 1.82) is 0 Å². The van der Waals surface area contributed by atoms with Gasteiger partial charge in [-0.05, 0) is 42.5 Å². The van der Waals surface area contributed by atoms with E-state index < -0.39 is 11.7 Å². The van der Waals surface area contributed by atoms with Crippen molar-refractivity contribution in [3.63, 3.8) is 0 Å². The number of nitrogens with one attached hydrogen (secondary N) is 1. The minimum Gasteiger partial charge on any atom is -0.456 e. The number of amides is 1. The second-order valence-corrected chi connectivity index (χ2v) is 7.11. The molecule has 0 unspecified atom stereocenters. The lowest BCUT2D eigenvalue weighted by molar-refractivity contribution is -0.149. The van der Waals surface area contributed by atoms with Gasteiger partial charge in [0.05, 0.1) is 18.0 Å². The second kappa shape index (κ2) is 8.34. The van der Waals surface area contributed by atoms with Crippen LogP contribution >= 0.6 is 0 Å². The molecule has 29 heavy (non-hydrogen) atoms. The smallest absolute Gasteiger partial charge is 0.419 e. The Morgan fingerprint density at radius 3 is 2.83 bits per heavy atom. The Kier molecular flexibility index (Phi) is 5.46. The van der Waals surface area contributed by atoms with E-state index in [0.717, 1.165) is 24.8 Å². The molecule has 4 rings (SSSR count). The molecule has 2 aromatic carbocycles. The summed E-state index contributed by atoms with van der Waals surface area (Å²) in [5.41, 5.74) is 3.47. The minimum absolute atomic E-state index is 0.0248. The summed E-state index contributed by atoms with van der Waals surface area (Å²) >= 11 is 0. The van der Waals surface area contributed by atoms with E-state index in [2.05, 4.69) is 11.4 Å². The van der Waals surface area contributed by atoms with Gasteiger partial charge in [-0.15, -0.1) is 0 Å². The van der Waals surface area contributed by atoms with Crippen LogP contribution in [0.4, 0.5) is 0 Å². The highest BCUT2D eigenvalue weighted by Gasteiger charge is 2.21. The lowest BCUT2D eigenvalue weighted by Gasteiger charge is -2.26. The Balaban J connectivity index is 1.28. The molecule has 1 aliphatic rings. The van der Waals surface area contributed by atoms with Crippen LogP contribution in [0.2, 0.25) is 0 Å². The van der Waals surface area contributed by atoms with E-state index in [1.165, 1.54) is 10.1 Å². The molecule has 0 radical (unpaired) electrons. The number of hydrogen-bond acceptors (Lipinski definition) is 5. The van der Waals surface area contributed by atoms with Crippen molar-refractivity contribution in [2.75, 3.05) is 6.61 Å². The fourth-order valence-electron chi connectivity index (χ4n) is 3.79. The molecule has 0 saturated heterocycles. The van der Waals surface area contributed by atoms with Crippen molar-refractivity contribution in [2.24, 2.45) is 0 Å². The van der Waals surface area contributed by atoms with Gasteiger partial charge in [-0.3, -0.25) is 14.2 Å². The molecule has 1 atom stereocenters. The molecule has 1 aliphatic carbocycles. The van der Waals surface area contributed by atoms with Crippen molar-refractivity contribution < 1.29 is 18.7 Å². The molecule has 150 valence electrons. The maximum atomic E-state index is 12.2. The average Bonchev–Trinajstić information content (AvgIpc) is 3.06. The molecule has 1 aromatic heterocycles. The Morgan fingerprint density at radius 2 is 1.93 bits per heavy atom. The fourth-order valence-corrected chi connectivity index (χ4v) is 3.79. The van der Waals surface area contributed by atoms with Gasteiger partial charge in [0.15, 0.2) is 12.2 Å². The summed E-state index contributed by atoms with van der Waals surface area (Å²) in [6.45, 7) is -0.204. The molecule has 7 heteroatoms. The Morgan fingerprint density at radius 1 is 1.14 bits per heavy atom. The first-order valence-electron chi connectivity index (χ1n) is 9.73. The number of aromatic nitrogens is 1. The van der Waals surface area contributed by atoms with Gasteiger partial charge in [0.1, 0.15) is 0 Å². The van der Waals surface area contributed by atoms with Crippen molar-refractivity contribution in [1.82, 2.24) is 9.88 Å². The summed E-state index contributed by atoms with van der Waals surface area (Å²) in [6, 6.07) is 15.0. The van der Waals surface area contributed by atoms with Crippen LogP contribution in [0.5, 0.6) is 0 Å². The van der Waals surface area contributed by atoms with Gasteiger partial charge >= 0.3 is 11.7 Å². The van der Waals surface area contributed by atoms with Gasteiger partial charge in [-0.25, -0.2) is 4.79 Å². The quantitative estimate of drug-likeness (QED) is 0.649. The summed E-state index contributed by atoms with van der Waals surface area (Å²) in [4.78, 5) is 36.2. The van der Waals surface area contributed by atoms with E-state index >= 15 is 0 Å². The molecule has 3 aromatic rings. The number of oxazole rings is 1. The number of aryl methyl sites for hydroxylation is 2. The van der Waals surface area contributed by atoms with Crippen LogP contribution in [-0.2, 0) is 27.3 Å². The normalized spacial score (nSPS) is 15.7. The predicted octanol–water partition coefficient (Wildman–Crippen LogP) is 2.72. The van der Waals surface area contributed by atoms with E-state index in [9.17, 15) is 14.4 Å². The highest BCUT2D eigenvalue weighted by Crippen LogP contribution is 2.29. The molecule has 7 nitrogen and oxygen atoms in total. The Hall–Kier alpha value is -3.35. The molecular weight excluding hydrogens is 372 g/mol. The summed E-state index contributed by atoms with van der Waals surface area (Å²) in [5.74, 6) is -1.39. The second-order valence-electron chi connectivity index (χ2n) is 7.11. The Bertz CT molecular complexity index is 1100. The van der Waals surface area contributed by atoms with Gasteiger partial charge in [0.25, 0.3) is 5.91 Å². The van der Waals surface area contributed by atoms with E-state index in [0.29, 0.717) is 11.1 Å². The van der Waals surface area contributed by atoms with Gasteiger partial charge in [-0.1, -0.05) is 36.4 Å². The number of carbonyl (C=O) groups is 2. The van der Waals surface area contributed by atoms with Crippen LogP contribution in [-0.4, -0.2) is 23.1 Å². The highest BCUT2D eigenvalue weighted by atomic mass is 16.5. The molecular formula is C22H22N2O5. The van der Waals surface area contributed by atoms with Crippen molar-refractivity contribution >= 4 is 23.0 Å². The summed E-state index contributed by atoms with van der Waals surface area (Å²) in [5, 5.41) is 2.95. The van der Waals surface area contributed by atoms with Crippen LogP contribution in [0.1, 0.15) is 36.4 Å². The number of benzene rings is 2. The molecule has 1 amide bonds. The zero-order chi connectivity index (χ0) is 20.2. The first-order valence-corrected chi connectivity index (χ1v) is 9.73. The van der Waals surface area contributed by atoms with Crippen LogP contribution < -0.4 is 11.1 Å². The molecule has 0 bridgehead atoms. The molecule has 0 saturated carbocycles. The highest BCUT2D eigenvalue weighted by molar-refractivity contribution is 5.81. The Labute approximate surface area is 167 Å². The number of esters is 1. The number of carbonyl (C=O) groups excluding carboxylic acids is 2. The standard InChI is InChI=1S/C22H22N2O5/c25-20(23-17-9-5-7-15-6-1-2-8-16(15)17)14-28-21(26)12-13-24-18-10-3-4-11-19(18)29-22(24)27/h1-4,6,8,10-11,17H,5,7,9,12-14H2,(H,23,25)/t17-/m0/s1. The monoisotopic (exact) mass is 394 g/mol. The average molecular weight is 394 g/mol. The predicted molar refractivity (Wildman–Crippen MR) is 106 cm³/mol. The van der Waals surface area contributed by atoms with E-state index in [4.69, 9.17) is 9.15 Å². The minimum atomic E-state index is -0.540. The third-order valence-electron chi connectivity index (χ3n) is 5.18.